The normalized spacial score (nSPS) is 21.1. The molecule has 1 aromatic carbocycles. The zero-order chi connectivity index (χ0) is 20.3. The van der Waals surface area contributed by atoms with Crippen LogP contribution in [0.3, 0.4) is 0 Å². The monoisotopic (exact) mass is 425 g/mol. The lowest BCUT2D eigenvalue weighted by molar-refractivity contribution is -0.154. The van der Waals surface area contributed by atoms with E-state index in [4.69, 9.17) is 10.5 Å². The molecular formula is C21H32ClN3O4. The molecule has 1 atom stereocenters. The first-order valence-electron chi connectivity index (χ1n) is 10.00. The molecule has 0 aromatic heterocycles. The van der Waals surface area contributed by atoms with E-state index in [2.05, 4.69) is 0 Å². The van der Waals surface area contributed by atoms with Gasteiger partial charge in [0.25, 0.3) is 5.91 Å². The molecule has 2 heterocycles. The van der Waals surface area contributed by atoms with Crippen LogP contribution in [0.5, 0.6) is 5.75 Å². The number of nitrogens with two attached hydrogens (primary N) is 1. The summed E-state index contributed by atoms with van der Waals surface area (Å²) in [5, 5.41) is 10.1. The summed E-state index contributed by atoms with van der Waals surface area (Å²) in [6.45, 7) is 2.02. The Kier molecular flexibility index (Phi) is 7.91. The number of amides is 2. The van der Waals surface area contributed by atoms with Gasteiger partial charge in [-0.3, -0.25) is 9.59 Å². The summed E-state index contributed by atoms with van der Waals surface area (Å²) < 4.78 is 5.40. The number of halogens is 1. The number of aryl methyl sites for hydroxylation is 1. The number of carbonyl (C=O) groups excluding carboxylic acids is 2. The maximum absolute atomic E-state index is 13.0. The molecular weight excluding hydrogens is 394 g/mol. The molecule has 2 aliphatic heterocycles. The number of aliphatic hydroxyl groups is 1. The number of likely N-dealkylation sites (tertiary alicyclic amines) is 2. The van der Waals surface area contributed by atoms with Crippen LogP contribution in [0.2, 0.25) is 0 Å². The molecule has 0 bridgehead atoms. The minimum absolute atomic E-state index is 0. The fourth-order valence-corrected chi connectivity index (χ4v) is 4.54. The van der Waals surface area contributed by atoms with Crippen molar-refractivity contribution in [3.8, 4) is 5.75 Å². The molecule has 8 heteroatoms. The van der Waals surface area contributed by atoms with E-state index in [0.717, 1.165) is 24.2 Å². The second-order valence-electron chi connectivity index (χ2n) is 8.04. The largest absolute Gasteiger partial charge is 0.496 e. The molecule has 162 valence electrons. The Morgan fingerprint density at radius 2 is 2.03 bits per heavy atom. The minimum atomic E-state index is -0.532. The number of rotatable bonds is 5. The third kappa shape index (κ3) is 4.85. The number of methoxy groups -OCH3 is 1. The molecule has 2 saturated heterocycles. The highest BCUT2D eigenvalue weighted by atomic mass is 35.5. The van der Waals surface area contributed by atoms with Crippen molar-refractivity contribution in [2.45, 2.75) is 38.2 Å². The van der Waals surface area contributed by atoms with Crippen molar-refractivity contribution in [1.29, 1.82) is 0 Å². The van der Waals surface area contributed by atoms with Crippen LogP contribution in [-0.2, 0) is 11.2 Å². The number of nitrogens with zero attached hydrogens (tertiary/aromatic N) is 2. The summed E-state index contributed by atoms with van der Waals surface area (Å²) in [5.74, 6) is 0.842. The lowest BCUT2D eigenvalue weighted by Gasteiger charge is -2.47. The Labute approximate surface area is 178 Å². The predicted octanol–water partition coefficient (Wildman–Crippen LogP) is 1.45. The summed E-state index contributed by atoms with van der Waals surface area (Å²) in [6, 6.07) is 5.52. The zero-order valence-electron chi connectivity index (χ0n) is 17.2. The molecule has 0 aliphatic carbocycles. The van der Waals surface area contributed by atoms with E-state index in [1.54, 1.807) is 25.1 Å². The summed E-state index contributed by atoms with van der Waals surface area (Å²) in [4.78, 5) is 29.2. The van der Waals surface area contributed by atoms with Gasteiger partial charge in [0.1, 0.15) is 5.75 Å². The van der Waals surface area contributed by atoms with E-state index in [1.807, 2.05) is 17.0 Å². The lowest BCUT2D eigenvalue weighted by Crippen LogP contribution is -2.56. The molecule has 1 unspecified atom stereocenters. The molecule has 2 fully saturated rings. The van der Waals surface area contributed by atoms with Gasteiger partial charge in [0, 0.05) is 32.2 Å². The van der Waals surface area contributed by atoms with Crippen LogP contribution in [0, 0.1) is 5.41 Å². The standard InChI is InChI=1S/C21H31N3O4.ClH/c1-23-14-17(25)13-21(20(23)27)7-10-24(11-8-21)19(26)16-5-6-18(28-2)15(12-16)4-3-9-22;/h5-6,12,17,25H,3-4,7-11,13-14,22H2,1-2H3;1H. The quantitative estimate of drug-likeness (QED) is 0.744. The minimum Gasteiger partial charge on any atom is -0.496 e. The Morgan fingerprint density at radius 1 is 1.34 bits per heavy atom. The summed E-state index contributed by atoms with van der Waals surface area (Å²) >= 11 is 0. The Morgan fingerprint density at radius 3 is 2.66 bits per heavy atom. The van der Waals surface area contributed by atoms with Gasteiger partial charge in [-0.2, -0.15) is 0 Å². The van der Waals surface area contributed by atoms with Crippen LogP contribution in [0.1, 0.15) is 41.6 Å². The van der Waals surface area contributed by atoms with E-state index in [9.17, 15) is 14.7 Å². The van der Waals surface area contributed by atoms with E-state index in [1.165, 1.54) is 0 Å². The van der Waals surface area contributed by atoms with Crippen LogP contribution < -0.4 is 10.5 Å². The number of ether oxygens (including phenoxy) is 1. The predicted molar refractivity (Wildman–Crippen MR) is 113 cm³/mol. The number of β-amino-alcohol motifs (C(OH)–C–C–N with tert-alkyl or cyclic N) is 1. The van der Waals surface area contributed by atoms with Crippen molar-refractivity contribution in [2.24, 2.45) is 11.1 Å². The van der Waals surface area contributed by atoms with Crippen molar-refractivity contribution in [3.05, 3.63) is 29.3 Å². The third-order valence-electron chi connectivity index (χ3n) is 6.10. The molecule has 29 heavy (non-hydrogen) atoms. The average Bonchev–Trinajstić information content (AvgIpc) is 2.70. The first-order chi connectivity index (χ1) is 13.4. The maximum atomic E-state index is 13.0. The molecule has 2 aliphatic rings. The van der Waals surface area contributed by atoms with Gasteiger partial charge in [0.05, 0.1) is 18.6 Å². The van der Waals surface area contributed by atoms with E-state index in [-0.39, 0.29) is 24.2 Å². The second-order valence-corrected chi connectivity index (χ2v) is 8.04. The highest BCUT2D eigenvalue weighted by molar-refractivity contribution is 5.95. The topological polar surface area (TPSA) is 96.1 Å². The Bertz CT molecular complexity index is 735. The fraction of sp³-hybridized carbons (Fsp3) is 0.619. The number of carbonyl (C=O) groups is 2. The molecule has 2 amide bonds. The van der Waals surface area contributed by atoms with E-state index in [0.29, 0.717) is 51.0 Å². The summed E-state index contributed by atoms with van der Waals surface area (Å²) in [7, 11) is 3.36. The number of likely N-dealkylation sites (N-methyl/N-ethyl adjacent to an activating group) is 1. The third-order valence-corrected chi connectivity index (χ3v) is 6.10. The highest BCUT2D eigenvalue weighted by Gasteiger charge is 2.48. The molecule has 1 aromatic rings. The van der Waals surface area contributed by atoms with Gasteiger partial charge in [-0.25, -0.2) is 0 Å². The molecule has 7 nitrogen and oxygen atoms in total. The van der Waals surface area contributed by atoms with Crippen molar-refractivity contribution < 1.29 is 19.4 Å². The van der Waals surface area contributed by atoms with Crippen LogP contribution in [0.25, 0.3) is 0 Å². The average molecular weight is 426 g/mol. The molecule has 0 saturated carbocycles. The Balaban J connectivity index is 0.00000300. The van der Waals surface area contributed by atoms with Crippen molar-refractivity contribution in [1.82, 2.24) is 9.80 Å². The number of hydrogen-bond donors (Lipinski definition) is 2. The fourth-order valence-electron chi connectivity index (χ4n) is 4.54. The number of aliphatic hydroxyl groups excluding tert-OH is 1. The number of piperidine rings is 2. The maximum Gasteiger partial charge on any atom is 0.253 e. The van der Waals surface area contributed by atoms with Gasteiger partial charge >= 0.3 is 0 Å². The zero-order valence-corrected chi connectivity index (χ0v) is 18.0. The van der Waals surface area contributed by atoms with Gasteiger partial charge in [-0.15, -0.1) is 12.4 Å². The van der Waals surface area contributed by atoms with Crippen molar-refractivity contribution >= 4 is 24.2 Å². The first-order valence-corrected chi connectivity index (χ1v) is 10.00. The molecule has 1 spiro atoms. The van der Waals surface area contributed by atoms with Crippen molar-refractivity contribution in [2.75, 3.05) is 40.3 Å². The van der Waals surface area contributed by atoms with E-state index < -0.39 is 11.5 Å². The van der Waals surface area contributed by atoms with Crippen molar-refractivity contribution in [3.63, 3.8) is 0 Å². The van der Waals surface area contributed by atoms with Gasteiger partial charge < -0.3 is 25.4 Å². The second kappa shape index (κ2) is 9.78. The lowest BCUT2D eigenvalue weighted by atomic mass is 9.71. The summed E-state index contributed by atoms with van der Waals surface area (Å²) in [5.41, 5.74) is 6.70. The van der Waals surface area contributed by atoms with Crippen LogP contribution in [0.4, 0.5) is 0 Å². The van der Waals surface area contributed by atoms with Crippen LogP contribution in [-0.4, -0.2) is 73.2 Å². The Hall–Kier alpha value is -1.83. The highest BCUT2D eigenvalue weighted by Crippen LogP contribution is 2.41. The number of hydrogen-bond acceptors (Lipinski definition) is 5. The SMILES string of the molecule is COc1ccc(C(=O)N2CCC3(CC2)CC(O)CN(C)C3=O)cc1CCCN.Cl. The van der Waals surface area contributed by atoms with Crippen LogP contribution in [0.15, 0.2) is 18.2 Å². The summed E-state index contributed by atoms with van der Waals surface area (Å²) in [6.07, 6.45) is 2.78. The molecule has 3 N–H and O–H groups in total. The number of benzene rings is 1. The van der Waals surface area contributed by atoms with Gasteiger partial charge in [0.2, 0.25) is 5.91 Å². The molecule has 0 radical (unpaired) electrons. The smallest absolute Gasteiger partial charge is 0.253 e. The van der Waals surface area contributed by atoms with Gasteiger partial charge in [0.15, 0.2) is 0 Å². The molecule has 3 rings (SSSR count). The van der Waals surface area contributed by atoms with E-state index >= 15 is 0 Å². The van der Waals surface area contributed by atoms with Gasteiger partial charge in [-0.1, -0.05) is 0 Å². The van der Waals surface area contributed by atoms with Crippen LogP contribution >= 0.6 is 12.4 Å². The first kappa shape index (κ1) is 23.4. The van der Waals surface area contributed by atoms with Gasteiger partial charge in [-0.05, 0) is 62.4 Å².